The van der Waals surface area contributed by atoms with E-state index in [0.29, 0.717) is 33.5 Å². The van der Waals surface area contributed by atoms with Gasteiger partial charge in [0.05, 0.1) is 11.4 Å². The van der Waals surface area contributed by atoms with E-state index in [1.807, 2.05) is 84.9 Å². The van der Waals surface area contributed by atoms with E-state index in [1.165, 1.54) is 0 Å². The van der Waals surface area contributed by atoms with Gasteiger partial charge in [0.15, 0.2) is 0 Å². The summed E-state index contributed by atoms with van der Waals surface area (Å²) in [6.45, 7) is 0. The van der Waals surface area contributed by atoms with Crippen LogP contribution in [-0.4, -0.2) is 20.0 Å². The molecular weight excluding hydrogens is 709 g/mol. The second-order valence-electron chi connectivity index (χ2n) is 13.1. The van der Waals surface area contributed by atoms with Crippen molar-refractivity contribution < 1.29 is 0 Å². The highest BCUT2D eigenvalue weighted by Gasteiger charge is 2.25. The summed E-state index contributed by atoms with van der Waals surface area (Å²) in [7, 11) is 0. The molecule has 0 bridgehead atoms. The van der Waals surface area contributed by atoms with Gasteiger partial charge in [-0.3, -0.25) is 4.98 Å². The molecule has 268 valence electrons. The average molecular weight is 743 g/mol. The van der Waals surface area contributed by atoms with Crippen LogP contribution in [-0.2, 0) is 12.4 Å². The molecule has 0 aliphatic heterocycles. The fourth-order valence-electron chi connectivity index (χ4n) is 7.15. The first-order valence-corrected chi connectivity index (χ1v) is 18.5. The largest absolute Gasteiger partial charge is 0.396 e. The summed E-state index contributed by atoms with van der Waals surface area (Å²) in [6, 6.07) is 61.6. The third-order valence-electron chi connectivity index (χ3n) is 9.72. The molecule has 7 aromatic carbocycles. The Morgan fingerprint density at radius 1 is 0.446 bits per heavy atom. The quantitative estimate of drug-likeness (QED) is 0.140. The summed E-state index contributed by atoms with van der Waals surface area (Å²) < 4.78 is 4.40. The van der Waals surface area contributed by atoms with Crippen molar-refractivity contribution in [2.24, 2.45) is 4.36 Å². The van der Waals surface area contributed by atoms with Crippen LogP contribution in [0.4, 0.5) is 45.5 Å². The minimum Gasteiger partial charge on any atom is -0.396 e. The molecule has 2 heterocycles. The molecule has 0 saturated carbocycles. The van der Waals surface area contributed by atoms with Crippen LogP contribution in [0.3, 0.4) is 0 Å². The van der Waals surface area contributed by atoms with E-state index in [1.54, 1.807) is 17.2 Å². The summed E-state index contributed by atoms with van der Waals surface area (Å²) in [6.07, 6.45) is 3.44. The van der Waals surface area contributed by atoms with Crippen LogP contribution in [0.5, 0.6) is 0 Å². The number of nitrogens with zero attached hydrogens (tertiary/aromatic N) is 7. The Hall–Kier alpha value is -7.49. The number of nitrogens with two attached hydrogens (primary N) is 1. The standard InChI is InChI=1S/C47H34N8S/c48-44-42(33-21-25-39(26-22-33)53(35-13-5-1-6-14-35)36-15-7-2-8-16-36)46-47(51-55(50-46)41-29-31-49-32-30-41)43(45(44)52-56)34-23-27-40(28-24-34)54(37-17-9-3-10-18-37)38-19-11-4-12-20-38/h1-32H,48H2. The van der Waals surface area contributed by atoms with E-state index in [9.17, 15) is 0 Å². The van der Waals surface area contributed by atoms with Crippen molar-refractivity contribution in [3.8, 4) is 27.9 Å². The van der Waals surface area contributed by atoms with Gasteiger partial charge < -0.3 is 15.5 Å². The molecule has 9 rings (SSSR count). The monoisotopic (exact) mass is 742 g/mol. The van der Waals surface area contributed by atoms with Crippen LogP contribution < -0.4 is 15.5 Å². The highest BCUT2D eigenvalue weighted by atomic mass is 32.1. The van der Waals surface area contributed by atoms with Gasteiger partial charge in [0.1, 0.15) is 16.7 Å². The first-order chi connectivity index (χ1) is 27.7. The zero-order valence-electron chi connectivity index (χ0n) is 30.1. The molecule has 0 radical (unpaired) electrons. The second kappa shape index (κ2) is 15.1. The molecule has 0 aliphatic carbocycles. The fraction of sp³-hybridized carbons (Fsp3) is 0. The van der Waals surface area contributed by atoms with Gasteiger partial charge in [-0.15, -0.1) is 10.2 Å². The minimum atomic E-state index is 0.430. The molecule has 0 atom stereocenters. The van der Waals surface area contributed by atoms with Gasteiger partial charge in [-0.2, -0.15) is 9.16 Å². The molecule has 8 nitrogen and oxygen atoms in total. The van der Waals surface area contributed by atoms with E-state index in [-0.39, 0.29) is 0 Å². The van der Waals surface area contributed by atoms with Crippen LogP contribution in [0.2, 0.25) is 0 Å². The number of hydrogen-bond donors (Lipinski definition) is 1. The van der Waals surface area contributed by atoms with E-state index in [2.05, 4.69) is 116 Å². The topological polar surface area (TPSA) is 88.5 Å². The van der Waals surface area contributed by atoms with Gasteiger partial charge in [-0.1, -0.05) is 97.1 Å². The highest BCUT2D eigenvalue weighted by Crippen LogP contribution is 2.48. The molecule has 0 aliphatic rings. The Bertz CT molecular complexity index is 2660. The zero-order chi connectivity index (χ0) is 37.8. The Balaban J connectivity index is 1.19. The van der Waals surface area contributed by atoms with E-state index >= 15 is 0 Å². The number of benzene rings is 7. The lowest BCUT2D eigenvalue weighted by Gasteiger charge is -2.26. The fourth-order valence-corrected chi connectivity index (χ4v) is 7.34. The predicted octanol–water partition coefficient (Wildman–Crippen LogP) is 12.0. The van der Waals surface area contributed by atoms with Gasteiger partial charge in [-0.25, -0.2) is 0 Å². The summed E-state index contributed by atoms with van der Waals surface area (Å²) in [5.74, 6) is 0. The third kappa shape index (κ3) is 6.42. The number of anilines is 7. The molecule has 0 spiro atoms. The Morgan fingerprint density at radius 3 is 1.20 bits per heavy atom. The molecular formula is C47H34N8S. The van der Waals surface area contributed by atoms with Crippen LogP contribution >= 0.6 is 0 Å². The Morgan fingerprint density at radius 2 is 0.804 bits per heavy atom. The lowest BCUT2D eigenvalue weighted by Crippen LogP contribution is -2.09. The maximum atomic E-state index is 7.12. The predicted molar refractivity (Wildman–Crippen MR) is 231 cm³/mol. The Labute approximate surface area is 329 Å². The SMILES string of the molecule is Nc1c(N=S)c(-c2ccc(N(c3ccccc3)c3ccccc3)cc2)c2nn(-c3ccncc3)nc2c1-c1ccc(N(c2ccccc2)c2ccccc2)cc1. The lowest BCUT2D eigenvalue weighted by atomic mass is 9.93. The summed E-state index contributed by atoms with van der Waals surface area (Å²) >= 11 is 5.49. The number of fused-ring (bicyclic) bond motifs is 1. The van der Waals surface area contributed by atoms with Crippen molar-refractivity contribution in [3.63, 3.8) is 0 Å². The first kappa shape index (κ1) is 34.3. The number of nitrogen functional groups attached to an aromatic ring is 1. The van der Waals surface area contributed by atoms with E-state index < -0.39 is 0 Å². The normalized spacial score (nSPS) is 11.0. The van der Waals surface area contributed by atoms with E-state index in [4.69, 9.17) is 28.4 Å². The molecule has 0 saturated heterocycles. The van der Waals surface area contributed by atoms with Gasteiger partial charge >= 0.3 is 0 Å². The lowest BCUT2D eigenvalue weighted by molar-refractivity contribution is 0.764. The average Bonchev–Trinajstić information content (AvgIpc) is 3.71. The number of pyridine rings is 1. The molecule has 2 aromatic heterocycles. The van der Waals surface area contributed by atoms with Gasteiger partial charge in [-0.05, 0) is 96.1 Å². The summed E-state index contributed by atoms with van der Waals surface area (Å²) in [4.78, 5) is 10.3. The van der Waals surface area contributed by atoms with Crippen molar-refractivity contribution in [1.29, 1.82) is 0 Å². The van der Waals surface area contributed by atoms with Crippen molar-refractivity contribution >= 4 is 69.0 Å². The smallest absolute Gasteiger partial charge is 0.124 e. The number of para-hydroxylation sites is 4. The molecule has 56 heavy (non-hydrogen) atoms. The Kier molecular flexibility index (Phi) is 9.24. The zero-order valence-corrected chi connectivity index (χ0v) is 30.9. The first-order valence-electron chi connectivity index (χ1n) is 18.2. The molecule has 2 N–H and O–H groups in total. The molecule has 0 fully saturated rings. The van der Waals surface area contributed by atoms with Crippen LogP contribution in [0, 0.1) is 0 Å². The van der Waals surface area contributed by atoms with E-state index in [0.717, 1.165) is 50.9 Å². The maximum absolute atomic E-state index is 7.12. The number of rotatable bonds is 10. The molecule has 0 amide bonds. The van der Waals surface area contributed by atoms with Gasteiger partial charge in [0.25, 0.3) is 0 Å². The van der Waals surface area contributed by atoms with Crippen molar-refractivity contribution in [1.82, 2.24) is 20.0 Å². The van der Waals surface area contributed by atoms with Crippen LogP contribution in [0.15, 0.2) is 199 Å². The summed E-state index contributed by atoms with van der Waals surface area (Å²) in [5, 5.41) is 10.1. The van der Waals surface area contributed by atoms with Crippen molar-refractivity contribution in [2.45, 2.75) is 0 Å². The third-order valence-corrected chi connectivity index (χ3v) is 9.90. The molecule has 9 heteroatoms. The van der Waals surface area contributed by atoms with Crippen molar-refractivity contribution in [3.05, 3.63) is 194 Å². The van der Waals surface area contributed by atoms with Crippen LogP contribution in [0.1, 0.15) is 0 Å². The van der Waals surface area contributed by atoms with Crippen molar-refractivity contribution in [2.75, 3.05) is 15.5 Å². The maximum Gasteiger partial charge on any atom is 0.124 e. The van der Waals surface area contributed by atoms with Gasteiger partial charge in [0.2, 0.25) is 0 Å². The summed E-state index contributed by atoms with van der Waals surface area (Å²) in [5.41, 5.74) is 19.4. The molecule has 9 aromatic rings. The highest BCUT2D eigenvalue weighted by molar-refractivity contribution is 7.47. The number of aromatic nitrogens is 4. The second-order valence-corrected chi connectivity index (χ2v) is 13.3. The minimum absolute atomic E-state index is 0.430. The van der Waals surface area contributed by atoms with Gasteiger partial charge in [0, 0.05) is 70.1 Å². The van der Waals surface area contributed by atoms with Crippen LogP contribution in [0.25, 0.3) is 39.0 Å². The number of hydrogen-bond acceptors (Lipinski definition) is 8. The molecule has 0 unspecified atom stereocenters.